The van der Waals surface area contributed by atoms with Crippen molar-refractivity contribution in [3.05, 3.63) is 94.8 Å². The molecule has 27 heavy (non-hydrogen) atoms. The molecule has 0 radical (unpaired) electrons. The van der Waals surface area contributed by atoms with Crippen LogP contribution in [0.2, 0.25) is 0 Å². The number of pyridine rings is 1. The summed E-state index contributed by atoms with van der Waals surface area (Å²) in [6.07, 6.45) is 1.69. The number of rotatable bonds is 5. The van der Waals surface area contributed by atoms with E-state index in [0.29, 0.717) is 17.7 Å². The third-order valence-electron chi connectivity index (χ3n) is 4.21. The Balaban J connectivity index is 1.63. The maximum absolute atomic E-state index is 12.4. The quantitative estimate of drug-likeness (QED) is 0.726. The number of nitrogens with zero attached hydrogens (tertiary/aromatic N) is 1. The molecule has 0 atom stereocenters. The van der Waals surface area contributed by atoms with Crippen LogP contribution in [0.1, 0.15) is 37.5 Å². The van der Waals surface area contributed by atoms with Crippen LogP contribution in [0.4, 0.5) is 5.69 Å². The number of hydrogen-bond acceptors (Lipinski definition) is 3. The van der Waals surface area contributed by atoms with Crippen LogP contribution in [0.15, 0.2) is 66.9 Å². The van der Waals surface area contributed by atoms with E-state index in [1.54, 1.807) is 30.5 Å². The van der Waals surface area contributed by atoms with Gasteiger partial charge in [0.05, 0.1) is 12.2 Å². The van der Waals surface area contributed by atoms with Crippen LogP contribution >= 0.6 is 0 Å². The number of benzene rings is 2. The monoisotopic (exact) mass is 359 g/mol. The molecule has 2 aromatic carbocycles. The summed E-state index contributed by atoms with van der Waals surface area (Å²) in [5, 5.41) is 5.73. The first-order valence-electron chi connectivity index (χ1n) is 8.70. The Morgan fingerprint density at radius 3 is 2.26 bits per heavy atom. The first kappa shape index (κ1) is 18.3. The van der Waals surface area contributed by atoms with Crippen molar-refractivity contribution in [1.29, 1.82) is 0 Å². The molecular weight excluding hydrogens is 338 g/mol. The second-order valence-electron chi connectivity index (χ2n) is 6.35. The average molecular weight is 359 g/mol. The number of anilines is 1. The van der Waals surface area contributed by atoms with Gasteiger partial charge in [-0.05, 0) is 67.4 Å². The Morgan fingerprint density at radius 1 is 0.889 bits per heavy atom. The van der Waals surface area contributed by atoms with E-state index in [0.717, 1.165) is 22.5 Å². The summed E-state index contributed by atoms with van der Waals surface area (Å²) in [5.41, 5.74) is 4.65. The summed E-state index contributed by atoms with van der Waals surface area (Å²) in [4.78, 5) is 28.8. The van der Waals surface area contributed by atoms with Crippen LogP contribution in [-0.2, 0) is 6.54 Å². The normalized spacial score (nSPS) is 10.3. The zero-order valence-corrected chi connectivity index (χ0v) is 15.3. The summed E-state index contributed by atoms with van der Waals surface area (Å²) < 4.78 is 0. The third-order valence-corrected chi connectivity index (χ3v) is 4.21. The Kier molecular flexibility index (Phi) is 5.61. The highest BCUT2D eigenvalue weighted by atomic mass is 16.2. The van der Waals surface area contributed by atoms with Gasteiger partial charge in [0.1, 0.15) is 0 Å². The molecule has 5 heteroatoms. The van der Waals surface area contributed by atoms with Crippen LogP contribution in [0.5, 0.6) is 0 Å². The highest BCUT2D eigenvalue weighted by Gasteiger charge is 2.10. The molecule has 0 aliphatic carbocycles. The molecule has 136 valence electrons. The van der Waals surface area contributed by atoms with Crippen molar-refractivity contribution in [1.82, 2.24) is 10.3 Å². The Labute approximate surface area is 158 Å². The zero-order valence-electron chi connectivity index (χ0n) is 15.3. The number of carbonyl (C=O) groups excluding carboxylic acids is 2. The lowest BCUT2D eigenvalue weighted by atomic mass is 10.1. The molecule has 0 saturated carbocycles. The second-order valence-corrected chi connectivity index (χ2v) is 6.35. The van der Waals surface area contributed by atoms with E-state index in [4.69, 9.17) is 0 Å². The molecule has 0 unspecified atom stereocenters. The predicted molar refractivity (Wildman–Crippen MR) is 106 cm³/mol. The largest absolute Gasteiger partial charge is 0.346 e. The highest BCUT2D eigenvalue weighted by molar-refractivity contribution is 6.05. The van der Waals surface area contributed by atoms with Gasteiger partial charge in [-0.3, -0.25) is 14.6 Å². The van der Waals surface area contributed by atoms with Gasteiger partial charge in [-0.2, -0.15) is 0 Å². The molecule has 3 rings (SSSR count). The maximum Gasteiger partial charge on any atom is 0.255 e. The molecule has 2 N–H and O–H groups in total. The maximum atomic E-state index is 12.4. The van der Waals surface area contributed by atoms with Gasteiger partial charge in [0.25, 0.3) is 11.8 Å². The third kappa shape index (κ3) is 4.79. The number of hydrogen-bond donors (Lipinski definition) is 2. The molecule has 0 spiro atoms. The van der Waals surface area contributed by atoms with Gasteiger partial charge in [0, 0.05) is 23.0 Å². The average Bonchev–Trinajstić information content (AvgIpc) is 2.70. The lowest BCUT2D eigenvalue weighted by Gasteiger charge is -2.10. The lowest BCUT2D eigenvalue weighted by Crippen LogP contribution is -2.23. The standard InChI is InChI=1S/C22H21N3O2/c1-15-6-7-16(2)20(13-15)25-22(27)18-10-8-17(9-11-18)21(26)24-14-19-5-3-4-12-23-19/h3-13H,14H2,1-2H3,(H,24,26)(H,25,27). The number of aryl methyl sites for hydroxylation is 2. The van der Waals surface area contributed by atoms with E-state index in [1.807, 2.05) is 50.2 Å². The molecular formula is C22H21N3O2. The van der Waals surface area contributed by atoms with Gasteiger partial charge in [-0.1, -0.05) is 18.2 Å². The van der Waals surface area contributed by atoms with Crippen molar-refractivity contribution in [3.8, 4) is 0 Å². The zero-order chi connectivity index (χ0) is 19.2. The predicted octanol–water partition coefficient (Wildman–Crippen LogP) is 3.88. The molecule has 0 bridgehead atoms. The van der Waals surface area contributed by atoms with E-state index >= 15 is 0 Å². The SMILES string of the molecule is Cc1ccc(C)c(NC(=O)c2ccc(C(=O)NCc3ccccn3)cc2)c1. The van der Waals surface area contributed by atoms with Crippen molar-refractivity contribution in [2.75, 3.05) is 5.32 Å². The van der Waals surface area contributed by atoms with Crippen molar-refractivity contribution >= 4 is 17.5 Å². The molecule has 0 saturated heterocycles. The van der Waals surface area contributed by atoms with Crippen LogP contribution in [0.3, 0.4) is 0 Å². The molecule has 5 nitrogen and oxygen atoms in total. The minimum Gasteiger partial charge on any atom is -0.346 e. The molecule has 3 aromatic rings. The summed E-state index contributed by atoms with van der Waals surface area (Å²) in [5.74, 6) is -0.411. The van der Waals surface area contributed by atoms with Crippen LogP contribution in [-0.4, -0.2) is 16.8 Å². The topological polar surface area (TPSA) is 71.1 Å². The van der Waals surface area contributed by atoms with Crippen molar-refractivity contribution < 1.29 is 9.59 Å². The van der Waals surface area contributed by atoms with Crippen molar-refractivity contribution in [3.63, 3.8) is 0 Å². The molecule has 0 fully saturated rings. The number of nitrogens with one attached hydrogen (secondary N) is 2. The number of amides is 2. The second kappa shape index (κ2) is 8.27. The fourth-order valence-electron chi connectivity index (χ4n) is 2.61. The number of aromatic nitrogens is 1. The minimum absolute atomic E-state index is 0.204. The minimum atomic E-state index is -0.206. The Bertz CT molecular complexity index is 951. The smallest absolute Gasteiger partial charge is 0.255 e. The van der Waals surface area contributed by atoms with E-state index in [2.05, 4.69) is 15.6 Å². The first-order valence-corrected chi connectivity index (χ1v) is 8.70. The number of carbonyl (C=O) groups is 2. The van der Waals surface area contributed by atoms with Gasteiger partial charge < -0.3 is 10.6 Å². The van der Waals surface area contributed by atoms with Gasteiger partial charge >= 0.3 is 0 Å². The Hall–Kier alpha value is -3.47. The molecule has 1 aromatic heterocycles. The van der Waals surface area contributed by atoms with Gasteiger partial charge in [0.2, 0.25) is 0 Å². The molecule has 0 aliphatic rings. The van der Waals surface area contributed by atoms with E-state index in [-0.39, 0.29) is 11.8 Å². The van der Waals surface area contributed by atoms with E-state index in [9.17, 15) is 9.59 Å². The molecule has 1 heterocycles. The van der Waals surface area contributed by atoms with E-state index in [1.165, 1.54) is 0 Å². The summed E-state index contributed by atoms with van der Waals surface area (Å²) in [7, 11) is 0. The van der Waals surface area contributed by atoms with Gasteiger partial charge in [0.15, 0.2) is 0 Å². The summed E-state index contributed by atoms with van der Waals surface area (Å²) in [6, 6.07) is 18.0. The lowest BCUT2D eigenvalue weighted by molar-refractivity contribution is 0.0948. The summed E-state index contributed by atoms with van der Waals surface area (Å²) >= 11 is 0. The van der Waals surface area contributed by atoms with Crippen LogP contribution < -0.4 is 10.6 Å². The van der Waals surface area contributed by atoms with Crippen molar-refractivity contribution in [2.24, 2.45) is 0 Å². The van der Waals surface area contributed by atoms with Gasteiger partial charge in [-0.15, -0.1) is 0 Å². The van der Waals surface area contributed by atoms with Crippen molar-refractivity contribution in [2.45, 2.75) is 20.4 Å². The molecule has 2 amide bonds. The van der Waals surface area contributed by atoms with Crippen LogP contribution in [0, 0.1) is 13.8 Å². The summed E-state index contributed by atoms with van der Waals surface area (Å²) in [6.45, 7) is 4.28. The Morgan fingerprint density at radius 2 is 1.59 bits per heavy atom. The first-order chi connectivity index (χ1) is 13.0. The van der Waals surface area contributed by atoms with Gasteiger partial charge in [-0.25, -0.2) is 0 Å². The van der Waals surface area contributed by atoms with E-state index < -0.39 is 0 Å². The highest BCUT2D eigenvalue weighted by Crippen LogP contribution is 2.17. The van der Waals surface area contributed by atoms with Crippen LogP contribution in [0.25, 0.3) is 0 Å². The fraction of sp³-hybridized carbons (Fsp3) is 0.136. The molecule has 0 aliphatic heterocycles. The fourth-order valence-corrected chi connectivity index (χ4v) is 2.61.